The number of carbonyl (C=O) groups excluding carboxylic acids is 2. The SMILES string of the molecule is COc1cc(C(=O)NCC(=O)c2cc3c(c(-c4c[nH]c5c(F)cccc45)n2)OCC3(C)C)ccc1OCCO. The quantitative estimate of drug-likeness (QED) is 0.278. The molecule has 0 saturated carbocycles. The molecule has 0 fully saturated rings. The Morgan fingerprint density at radius 1 is 1.21 bits per heavy atom. The van der Waals surface area contributed by atoms with Crippen LogP contribution in [0.2, 0.25) is 0 Å². The predicted molar refractivity (Wildman–Crippen MR) is 142 cm³/mol. The Balaban J connectivity index is 1.42. The van der Waals surface area contributed by atoms with E-state index in [9.17, 15) is 14.0 Å². The van der Waals surface area contributed by atoms with Gasteiger partial charge in [-0.2, -0.15) is 0 Å². The van der Waals surface area contributed by atoms with Gasteiger partial charge in [0.2, 0.25) is 0 Å². The number of aromatic nitrogens is 2. The van der Waals surface area contributed by atoms with Crippen molar-refractivity contribution in [3.8, 4) is 28.5 Å². The number of H-pyrrole nitrogens is 1. The van der Waals surface area contributed by atoms with E-state index in [0.29, 0.717) is 46.0 Å². The number of benzene rings is 2. The van der Waals surface area contributed by atoms with E-state index in [4.69, 9.17) is 19.3 Å². The topological polar surface area (TPSA) is 123 Å². The predicted octanol–water partition coefficient (Wildman–Crippen LogP) is 4.03. The van der Waals surface area contributed by atoms with Gasteiger partial charge in [0, 0.05) is 33.7 Å². The fraction of sp³-hybridized carbons (Fsp3) is 0.276. The second-order valence-electron chi connectivity index (χ2n) is 9.81. The molecule has 0 aliphatic carbocycles. The monoisotopic (exact) mass is 533 g/mol. The fourth-order valence-corrected chi connectivity index (χ4v) is 4.59. The zero-order chi connectivity index (χ0) is 27.7. The van der Waals surface area contributed by atoms with Crippen molar-refractivity contribution >= 4 is 22.6 Å². The second-order valence-corrected chi connectivity index (χ2v) is 9.81. The number of ether oxygens (including phenoxy) is 3. The van der Waals surface area contributed by atoms with Crippen LogP contribution in [0.25, 0.3) is 22.2 Å². The van der Waals surface area contributed by atoms with E-state index in [2.05, 4.69) is 15.3 Å². The molecule has 0 spiro atoms. The van der Waals surface area contributed by atoms with E-state index in [1.54, 1.807) is 30.5 Å². The molecule has 0 atom stereocenters. The van der Waals surface area contributed by atoms with Crippen LogP contribution in [0.4, 0.5) is 4.39 Å². The zero-order valence-electron chi connectivity index (χ0n) is 21.8. The maximum atomic E-state index is 14.4. The van der Waals surface area contributed by atoms with Gasteiger partial charge in [-0.15, -0.1) is 0 Å². The number of Topliss-reactive ketones (excluding diaryl/α,β-unsaturated/α-hetero) is 1. The highest BCUT2D eigenvalue weighted by atomic mass is 19.1. The van der Waals surface area contributed by atoms with Gasteiger partial charge < -0.3 is 29.6 Å². The summed E-state index contributed by atoms with van der Waals surface area (Å²) in [5.41, 5.74) is 2.27. The third-order valence-electron chi connectivity index (χ3n) is 6.67. The van der Waals surface area contributed by atoms with Crippen molar-refractivity contribution in [3.05, 3.63) is 71.3 Å². The summed E-state index contributed by atoms with van der Waals surface area (Å²) >= 11 is 0. The van der Waals surface area contributed by atoms with E-state index < -0.39 is 17.5 Å². The van der Waals surface area contributed by atoms with Gasteiger partial charge in [0.15, 0.2) is 17.3 Å². The largest absolute Gasteiger partial charge is 0.493 e. The van der Waals surface area contributed by atoms with E-state index in [1.807, 2.05) is 13.8 Å². The van der Waals surface area contributed by atoms with Crippen LogP contribution in [-0.4, -0.2) is 60.2 Å². The summed E-state index contributed by atoms with van der Waals surface area (Å²) in [6, 6.07) is 11.1. The fourth-order valence-electron chi connectivity index (χ4n) is 4.59. The molecular formula is C29H28FN3O6. The minimum absolute atomic E-state index is 0.0848. The Labute approximate surface area is 223 Å². The summed E-state index contributed by atoms with van der Waals surface area (Å²) in [7, 11) is 1.44. The number of aliphatic hydroxyl groups excluding tert-OH is 1. The number of nitrogens with zero attached hydrogens (tertiary/aromatic N) is 1. The molecule has 1 aliphatic heterocycles. The van der Waals surface area contributed by atoms with Crippen molar-refractivity contribution in [3.63, 3.8) is 0 Å². The molecular weight excluding hydrogens is 505 g/mol. The van der Waals surface area contributed by atoms with Gasteiger partial charge in [-0.25, -0.2) is 9.37 Å². The average molecular weight is 534 g/mol. The molecule has 4 aromatic rings. The maximum Gasteiger partial charge on any atom is 0.251 e. The Morgan fingerprint density at radius 3 is 2.79 bits per heavy atom. The van der Waals surface area contributed by atoms with Crippen LogP contribution in [0.1, 0.15) is 40.3 Å². The number of carbonyl (C=O) groups is 2. The van der Waals surface area contributed by atoms with Crippen molar-refractivity contribution in [2.75, 3.05) is 33.5 Å². The molecule has 3 N–H and O–H groups in total. The zero-order valence-corrected chi connectivity index (χ0v) is 21.8. The van der Waals surface area contributed by atoms with Gasteiger partial charge in [-0.3, -0.25) is 9.59 Å². The molecule has 1 amide bonds. The number of amides is 1. The lowest BCUT2D eigenvalue weighted by Gasteiger charge is -2.16. The molecule has 1 aliphatic rings. The summed E-state index contributed by atoms with van der Waals surface area (Å²) < 4.78 is 31.0. The number of nitrogens with one attached hydrogen (secondary N) is 2. The van der Waals surface area contributed by atoms with Crippen molar-refractivity contribution < 1.29 is 33.3 Å². The average Bonchev–Trinajstić information content (AvgIpc) is 3.51. The lowest BCUT2D eigenvalue weighted by Crippen LogP contribution is -2.30. The van der Waals surface area contributed by atoms with E-state index in [0.717, 1.165) is 5.56 Å². The number of methoxy groups -OCH3 is 1. The third-order valence-corrected chi connectivity index (χ3v) is 6.67. The lowest BCUT2D eigenvalue weighted by molar-refractivity contribution is 0.0902. The molecule has 10 heteroatoms. The van der Waals surface area contributed by atoms with E-state index in [1.165, 1.54) is 25.3 Å². The number of ketones is 1. The normalized spacial score (nSPS) is 13.6. The highest BCUT2D eigenvalue weighted by Gasteiger charge is 2.36. The highest BCUT2D eigenvalue weighted by Crippen LogP contribution is 2.45. The van der Waals surface area contributed by atoms with Gasteiger partial charge in [0.05, 0.1) is 32.4 Å². The smallest absolute Gasteiger partial charge is 0.251 e. The van der Waals surface area contributed by atoms with Gasteiger partial charge in [-0.05, 0) is 30.3 Å². The standard InChI is InChI=1S/C29H28FN3O6/c1-29(2)15-39-27-19(29)12-21(33-26(27)18-13-31-25-17(18)5-4-6-20(25)30)22(35)14-32-28(36)16-7-8-23(38-10-9-34)24(11-16)37-3/h4-8,11-13,31,34H,9-10,14-15H2,1-3H3,(H,32,36). The summed E-state index contributed by atoms with van der Waals surface area (Å²) in [5, 5.41) is 12.2. The number of para-hydroxylation sites is 1. The Kier molecular flexibility index (Phi) is 6.96. The molecule has 0 radical (unpaired) electrons. The summed E-state index contributed by atoms with van der Waals surface area (Å²) in [6.45, 7) is 4.05. The summed E-state index contributed by atoms with van der Waals surface area (Å²) in [5.74, 6) is 0.00171. The molecule has 39 heavy (non-hydrogen) atoms. The molecule has 5 rings (SSSR count). The molecule has 0 unspecified atom stereocenters. The number of hydrogen-bond acceptors (Lipinski definition) is 7. The highest BCUT2D eigenvalue weighted by molar-refractivity contribution is 6.03. The maximum absolute atomic E-state index is 14.4. The molecule has 202 valence electrons. The van der Waals surface area contributed by atoms with Crippen LogP contribution >= 0.6 is 0 Å². The third kappa shape index (κ3) is 4.90. The molecule has 9 nitrogen and oxygen atoms in total. The van der Waals surface area contributed by atoms with Crippen molar-refractivity contribution in [2.45, 2.75) is 19.3 Å². The van der Waals surface area contributed by atoms with Gasteiger partial charge in [0.25, 0.3) is 5.91 Å². The molecule has 0 bridgehead atoms. The molecule has 2 aromatic carbocycles. The molecule has 2 aromatic heterocycles. The van der Waals surface area contributed by atoms with Crippen molar-refractivity contribution in [1.82, 2.24) is 15.3 Å². The van der Waals surface area contributed by atoms with Crippen LogP contribution in [0.15, 0.2) is 48.7 Å². The summed E-state index contributed by atoms with van der Waals surface area (Å²) in [6.07, 6.45) is 1.66. The molecule has 0 saturated heterocycles. The van der Waals surface area contributed by atoms with Crippen molar-refractivity contribution in [2.24, 2.45) is 0 Å². The lowest BCUT2D eigenvalue weighted by atomic mass is 9.86. The first-order valence-corrected chi connectivity index (χ1v) is 12.4. The van der Waals surface area contributed by atoms with Gasteiger partial charge in [0.1, 0.15) is 29.6 Å². The Bertz CT molecular complexity index is 1580. The number of aromatic amines is 1. The van der Waals surface area contributed by atoms with Crippen LogP contribution < -0.4 is 19.5 Å². The number of pyridine rings is 1. The van der Waals surface area contributed by atoms with Gasteiger partial charge in [-0.1, -0.05) is 26.0 Å². The van der Waals surface area contributed by atoms with E-state index >= 15 is 0 Å². The number of aliphatic hydroxyl groups is 1. The minimum atomic E-state index is -0.479. The van der Waals surface area contributed by atoms with Crippen LogP contribution in [-0.2, 0) is 5.41 Å². The number of fused-ring (bicyclic) bond motifs is 2. The Hall–Kier alpha value is -4.44. The number of halogens is 1. The first-order chi connectivity index (χ1) is 18.7. The summed E-state index contributed by atoms with van der Waals surface area (Å²) in [4.78, 5) is 33.7. The number of rotatable bonds is 9. The minimum Gasteiger partial charge on any atom is -0.493 e. The van der Waals surface area contributed by atoms with E-state index in [-0.39, 0.29) is 36.4 Å². The Morgan fingerprint density at radius 2 is 2.03 bits per heavy atom. The molecule has 3 heterocycles. The van der Waals surface area contributed by atoms with Crippen molar-refractivity contribution in [1.29, 1.82) is 0 Å². The first-order valence-electron chi connectivity index (χ1n) is 12.4. The van der Waals surface area contributed by atoms with Crippen LogP contribution in [0.5, 0.6) is 17.2 Å². The van der Waals surface area contributed by atoms with Crippen LogP contribution in [0, 0.1) is 5.82 Å². The first kappa shape index (κ1) is 26.2. The van der Waals surface area contributed by atoms with Crippen LogP contribution in [0.3, 0.4) is 0 Å². The van der Waals surface area contributed by atoms with Gasteiger partial charge >= 0.3 is 0 Å². The number of hydrogen-bond donors (Lipinski definition) is 3. The second kappa shape index (κ2) is 10.4.